The van der Waals surface area contributed by atoms with E-state index in [-0.39, 0.29) is 43.2 Å². The molecule has 2 rings (SSSR count). The third-order valence-corrected chi connectivity index (χ3v) is 4.21. The normalized spacial score (nSPS) is 10.3. The Balaban J connectivity index is 0.000000395. The van der Waals surface area contributed by atoms with Crippen molar-refractivity contribution >= 4 is 41.2 Å². The van der Waals surface area contributed by atoms with Crippen LogP contribution in [0.15, 0.2) is 53.5 Å². The molecule has 212 valence electrons. The van der Waals surface area contributed by atoms with Crippen LogP contribution in [0.2, 0.25) is 0 Å². The average molecular weight is 547 g/mol. The van der Waals surface area contributed by atoms with Crippen LogP contribution in [0.4, 0.5) is 25.8 Å². The van der Waals surface area contributed by atoms with E-state index in [0.717, 1.165) is 0 Å². The lowest BCUT2D eigenvalue weighted by Crippen LogP contribution is -2.43. The number of benzene rings is 2. The number of hydrogen-bond donors (Lipinski definition) is 9. The lowest BCUT2D eigenvalue weighted by atomic mass is 10.3. The van der Waals surface area contributed by atoms with Gasteiger partial charge in [-0.1, -0.05) is 0 Å². The molecule has 15 heteroatoms. The molecule has 0 aliphatic rings. The van der Waals surface area contributed by atoms with Gasteiger partial charge in [-0.25, -0.2) is 14.4 Å². The Morgan fingerprint density at radius 2 is 1.26 bits per heavy atom. The van der Waals surface area contributed by atoms with Gasteiger partial charge in [0.2, 0.25) is 0 Å². The summed E-state index contributed by atoms with van der Waals surface area (Å²) in [7, 11) is 0. The molecular weight excluding hydrogens is 512 g/mol. The Kier molecular flexibility index (Phi) is 15.0. The van der Waals surface area contributed by atoms with E-state index >= 15 is 0 Å². The Bertz CT molecular complexity index is 1090. The maximum absolute atomic E-state index is 11.5. The fourth-order valence-electron chi connectivity index (χ4n) is 2.46. The first-order valence-corrected chi connectivity index (χ1v) is 11.8. The summed E-state index contributed by atoms with van der Waals surface area (Å²) in [5, 5.41) is 33.0. The quantitative estimate of drug-likeness (QED) is 0.0908. The molecule has 0 saturated heterocycles. The number of rotatable bonds is 10. The number of anilines is 2. The molecule has 39 heavy (non-hydrogen) atoms. The number of phenolic OH excluding ortho intramolecular Hbond substituents is 2. The lowest BCUT2D eigenvalue weighted by molar-refractivity contribution is -0.116. The summed E-state index contributed by atoms with van der Waals surface area (Å²) in [6.45, 7) is 4.40. The third-order valence-electron chi connectivity index (χ3n) is 4.21. The van der Waals surface area contributed by atoms with Crippen molar-refractivity contribution in [3.8, 4) is 11.5 Å². The lowest BCUT2D eigenvalue weighted by Gasteiger charge is -2.09. The highest BCUT2D eigenvalue weighted by molar-refractivity contribution is 5.97. The number of hydrogen-bond acceptors (Lipinski definition) is 7. The fourth-order valence-corrected chi connectivity index (χ4v) is 2.46. The van der Waals surface area contributed by atoms with E-state index < -0.39 is 18.0 Å². The van der Waals surface area contributed by atoms with Crippen LogP contribution >= 0.6 is 0 Å². The molecule has 2 aromatic rings. The van der Waals surface area contributed by atoms with Gasteiger partial charge in [0.1, 0.15) is 30.5 Å². The van der Waals surface area contributed by atoms with Crippen LogP contribution in [0.25, 0.3) is 0 Å². The molecule has 10 N–H and O–H groups in total. The minimum atomic E-state index is -0.576. The second-order valence-electron chi connectivity index (χ2n) is 7.38. The predicted molar refractivity (Wildman–Crippen MR) is 146 cm³/mol. The maximum atomic E-state index is 11.5. The van der Waals surface area contributed by atoms with Crippen LogP contribution in [0.3, 0.4) is 0 Å². The molecule has 0 atom stereocenters. The smallest absolute Gasteiger partial charge is 0.320 e. The number of amidine groups is 1. The number of nitrogens with one attached hydrogen (secondary N) is 6. The van der Waals surface area contributed by atoms with Gasteiger partial charge < -0.3 is 52.6 Å². The topological polar surface area (TPSA) is 229 Å². The third kappa shape index (κ3) is 15.6. The van der Waals surface area contributed by atoms with Crippen LogP contribution in [-0.2, 0) is 9.53 Å². The van der Waals surface area contributed by atoms with Gasteiger partial charge in [0, 0.05) is 24.5 Å². The second kappa shape index (κ2) is 18.2. The van der Waals surface area contributed by atoms with E-state index in [0.29, 0.717) is 24.5 Å². The number of amides is 7. The number of aromatic hydroxyl groups is 2. The molecule has 0 unspecified atom stereocenters. The molecule has 0 fully saturated rings. The van der Waals surface area contributed by atoms with Crippen molar-refractivity contribution in [1.29, 1.82) is 0 Å². The number of nitrogens with two attached hydrogens (primary N) is 1. The van der Waals surface area contributed by atoms with Crippen molar-refractivity contribution < 1.29 is 34.1 Å². The molecule has 15 nitrogen and oxygen atoms in total. The summed E-state index contributed by atoms with van der Waals surface area (Å²) in [6.07, 6.45) is 0. The number of aliphatic imine (C=N–C) groups is 1. The first kappa shape index (κ1) is 32.0. The van der Waals surface area contributed by atoms with Crippen LogP contribution in [0.1, 0.15) is 13.8 Å². The van der Waals surface area contributed by atoms with Gasteiger partial charge in [0.15, 0.2) is 0 Å². The number of ether oxygens (including phenoxy) is 1. The van der Waals surface area contributed by atoms with Crippen LogP contribution < -0.4 is 37.6 Å². The van der Waals surface area contributed by atoms with Crippen molar-refractivity contribution in [2.24, 2.45) is 10.7 Å². The molecule has 0 aliphatic heterocycles. The van der Waals surface area contributed by atoms with Gasteiger partial charge in [-0.2, -0.15) is 4.99 Å². The summed E-state index contributed by atoms with van der Waals surface area (Å²) < 4.78 is 4.98. The largest absolute Gasteiger partial charge is 0.508 e. The van der Waals surface area contributed by atoms with Gasteiger partial charge in [0.25, 0.3) is 5.91 Å². The highest BCUT2D eigenvalue weighted by Gasteiger charge is 2.06. The number of nitrogens with zero attached hydrogens (tertiary/aromatic N) is 1. The molecule has 0 heterocycles. The van der Waals surface area contributed by atoms with Crippen LogP contribution in [0.5, 0.6) is 11.5 Å². The van der Waals surface area contributed by atoms with Crippen LogP contribution in [-0.4, -0.2) is 73.0 Å². The predicted octanol–water partition coefficient (Wildman–Crippen LogP) is 1.22. The van der Waals surface area contributed by atoms with Crippen molar-refractivity contribution in [1.82, 2.24) is 21.3 Å². The summed E-state index contributed by atoms with van der Waals surface area (Å²) in [5.74, 6) is -0.301. The second-order valence-corrected chi connectivity index (χ2v) is 7.38. The van der Waals surface area contributed by atoms with Gasteiger partial charge in [-0.05, 0) is 62.4 Å². The zero-order chi connectivity index (χ0) is 29.0. The summed E-state index contributed by atoms with van der Waals surface area (Å²) in [6, 6.07) is 10.6. The SMILES string of the molecule is CCNC(=O)NCNC(=O)Nc1ccc(O)cc1.CCOCC(N)=NC(=O)CNC(=O)Nc1ccc(O)cc1. The Morgan fingerprint density at radius 1 is 0.769 bits per heavy atom. The Labute approximate surface area is 225 Å². The summed E-state index contributed by atoms with van der Waals surface area (Å²) >= 11 is 0. The van der Waals surface area contributed by atoms with E-state index in [1.165, 1.54) is 36.4 Å². The highest BCUT2D eigenvalue weighted by atomic mass is 16.5. The molecule has 0 spiro atoms. The zero-order valence-electron chi connectivity index (χ0n) is 21.6. The monoisotopic (exact) mass is 546 g/mol. The van der Waals surface area contributed by atoms with Gasteiger partial charge in [0.05, 0.1) is 6.67 Å². The number of urea groups is 3. The number of carbonyl (C=O) groups excluding carboxylic acids is 4. The average Bonchev–Trinajstić information content (AvgIpc) is 2.89. The van der Waals surface area contributed by atoms with E-state index in [9.17, 15) is 19.2 Å². The van der Waals surface area contributed by atoms with E-state index in [4.69, 9.17) is 20.7 Å². The molecule has 0 aromatic heterocycles. The Morgan fingerprint density at radius 3 is 1.74 bits per heavy atom. The first-order valence-electron chi connectivity index (χ1n) is 11.8. The highest BCUT2D eigenvalue weighted by Crippen LogP contribution is 2.14. The first-order chi connectivity index (χ1) is 18.6. The molecule has 0 radical (unpaired) electrons. The summed E-state index contributed by atoms with van der Waals surface area (Å²) in [5.41, 5.74) is 6.49. The van der Waals surface area contributed by atoms with Gasteiger partial charge in [-0.3, -0.25) is 4.79 Å². The molecule has 0 bridgehead atoms. The van der Waals surface area contributed by atoms with Crippen LogP contribution in [0, 0.1) is 0 Å². The minimum absolute atomic E-state index is 0.0236. The van der Waals surface area contributed by atoms with Crippen molar-refractivity contribution in [3.05, 3.63) is 48.5 Å². The Hall–Kier alpha value is -5.05. The molecule has 0 aliphatic carbocycles. The van der Waals surface area contributed by atoms with Crippen molar-refractivity contribution in [3.63, 3.8) is 0 Å². The van der Waals surface area contributed by atoms with Crippen molar-refractivity contribution in [2.45, 2.75) is 13.8 Å². The minimum Gasteiger partial charge on any atom is -0.508 e. The van der Waals surface area contributed by atoms with E-state index in [1.807, 2.05) is 0 Å². The standard InChI is InChI=1S/C13H18N4O4.C11H16N4O3/c1-2-21-8-11(14)17-12(19)7-15-13(20)16-9-3-5-10(18)6-4-9;1-2-12-10(17)13-7-14-11(18)15-8-3-5-9(16)6-4-8/h3-6,18H,2,7-8H2,1H3,(H2,14,17,19)(H2,15,16,20);3-6,16H,2,7H2,1H3,(H2,12,13,17)(H2,14,15,18). The van der Waals surface area contributed by atoms with E-state index in [2.05, 4.69) is 36.9 Å². The molecule has 7 amide bonds. The number of carbonyl (C=O) groups is 4. The number of phenols is 2. The fraction of sp³-hybridized carbons (Fsp3) is 0.292. The van der Waals surface area contributed by atoms with Gasteiger partial charge >= 0.3 is 18.1 Å². The van der Waals surface area contributed by atoms with Crippen molar-refractivity contribution in [2.75, 3.05) is 43.6 Å². The zero-order valence-corrected chi connectivity index (χ0v) is 21.6. The molecule has 0 saturated carbocycles. The maximum Gasteiger partial charge on any atom is 0.320 e. The van der Waals surface area contributed by atoms with E-state index in [1.54, 1.807) is 26.0 Å². The molecular formula is C24H34N8O7. The molecule has 2 aromatic carbocycles. The summed E-state index contributed by atoms with van der Waals surface area (Å²) in [4.78, 5) is 48.9. The van der Waals surface area contributed by atoms with Gasteiger partial charge in [-0.15, -0.1) is 0 Å².